The van der Waals surface area contributed by atoms with E-state index in [9.17, 15) is 4.79 Å². The zero-order valence-corrected chi connectivity index (χ0v) is 16.5. The lowest BCUT2D eigenvalue weighted by Crippen LogP contribution is -2.27. The van der Waals surface area contributed by atoms with Gasteiger partial charge in [-0.2, -0.15) is 0 Å². The van der Waals surface area contributed by atoms with Gasteiger partial charge in [-0.05, 0) is 61.6 Å². The molecule has 3 rings (SSSR count). The van der Waals surface area contributed by atoms with E-state index in [0.29, 0.717) is 6.61 Å². The predicted octanol–water partition coefficient (Wildman–Crippen LogP) is 5.36. The summed E-state index contributed by atoms with van der Waals surface area (Å²) < 4.78 is 5.48. The van der Waals surface area contributed by atoms with E-state index in [2.05, 4.69) is 17.4 Å². The molecule has 144 valence electrons. The SMILES string of the molecule is CCOc1ccc([C@@H](C)NC(=O)c2ccccc2CCc2ccccc2)cc1. The maximum absolute atomic E-state index is 12.9. The van der Waals surface area contributed by atoms with E-state index >= 15 is 0 Å². The summed E-state index contributed by atoms with van der Waals surface area (Å²) in [5.74, 6) is 0.807. The number of carbonyl (C=O) groups excluding carboxylic acids is 1. The van der Waals surface area contributed by atoms with Crippen molar-refractivity contribution in [3.8, 4) is 5.75 Å². The molecule has 1 N–H and O–H groups in total. The van der Waals surface area contributed by atoms with Crippen LogP contribution in [-0.4, -0.2) is 12.5 Å². The molecule has 0 saturated heterocycles. The minimum Gasteiger partial charge on any atom is -0.494 e. The molecule has 3 heteroatoms. The van der Waals surface area contributed by atoms with Crippen LogP contribution in [0.3, 0.4) is 0 Å². The zero-order chi connectivity index (χ0) is 19.8. The highest BCUT2D eigenvalue weighted by Crippen LogP contribution is 2.19. The van der Waals surface area contributed by atoms with Gasteiger partial charge in [0, 0.05) is 5.56 Å². The van der Waals surface area contributed by atoms with Crippen LogP contribution in [0.4, 0.5) is 0 Å². The van der Waals surface area contributed by atoms with E-state index in [4.69, 9.17) is 4.74 Å². The first-order chi connectivity index (χ1) is 13.7. The van der Waals surface area contributed by atoms with Gasteiger partial charge in [-0.25, -0.2) is 0 Å². The van der Waals surface area contributed by atoms with Crippen LogP contribution in [0.15, 0.2) is 78.9 Å². The first-order valence-corrected chi connectivity index (χ1v) is 9.83. The number of amides is 1. The summed E-state index contributed by atoms with van der Waals surface area (Å²) in [7, 11) is 0. The molecule has 1 amide bonds. The first kappa shape index (κ1) is 19.7. The van der Waals surface area contributed by atoms with Crippen LogP contribution in [0.5, 0.6) is 5.75 Å². The van der Waals surface area contributed by atoms with Gasteiger partial charge in [0.05, 0.1) is 12.6 Å². The maximum atomic E-state index is 12.9. The van der Waals surface area contributed by atoms with Gasteiger partial charge < -0.3 is 10.1 Å². The van der Waals surface area contributed by atoms with Gasteiger partial charge in [0.15, 0.2) is 0 Å². The van der Waals surface area contributed by atoms with Crippen LogP contribution in [-0.2, 0) is 12.8 Å². The third-order valence-corrected chi connectivity index (χ3v) is 4.83. The first-order valence-electron chi connectivity index (χ1n) is 9.83. The average molecular weight is 373 g/mol. The van der Waals surface area contributed by atoms with Gasteiger partial charge in [-0.15, -0.1) is 0 Å². The molecule has 3 aromatic rings. The molecule has 0 fully saturated rings. The summed E-state index contributed by atoms with van der Waals surface area (Å²) in [6.45, 7) is 4.61. The van der Waals surface area contributed by atoms with Crippen molar-refractivity contribution >= 4 is 5.91 Å². The lowest BCUT2D eigenvalue weighted by atomic mass is 9.99. The van der Waals surface area contributed by atoms with Crippen molar-refractivity contribution in [1.29, 1.82) is 0 Å². The normalized spacial score (nSPS) is 11.6. The van der Waals surface area contributed by atoms with Crippen LogP contribution >= 0.6 is 0 Å². The number of hydrogen-bond acceptors (Lipinski definition) is 2. The second-order valence-corrected chi connectivity index (χ2v) is 6.84. The third kappa shape index (κ3) is 5.23. The minimum absolute atomic E-state index is 0.0370. The molecular weight excluding hydrogens is 346 g/mol. The fourth-order valence-electron chi connectivity index (χ4n) is 3.26. The highest BCUT2D eigenvalue weighted by Gasteiger charge is 2.14. The Bertz CT molecular complexity index is 888. The fourth-order valence-corrected chi connectivity index (χ4v) is 3.26. The maximum Gasteiger partial charge on any atom is 0.252 e. The second-order valence-electron chi connectivity index (χ2n) is 6.84. The molecule has 0 heterocycles. The smallest absolute Gasteiger partial charge is 0.252 e. The highest BCUT2D eigenvalue weighted by atomic mass is 16.5. The number of carbonyl (C=O) groups is 1. The number of hydrogen-bond donors (Lipinski definition) is 1. The largest absolute Gasteiger partial charge is 0.494 e. The second kappa shape index (κ2) is 9.75. The van der Waals surface area contributed by atoms with Crippen LogP contribution < -0.4 is 10.1 Å². The Kier molecular flexibility index (Phi) is 6.85. The van der Waals surface area contributed by atoms with Crippen molar-refractivity contribution in [2.24, 2.45) is 0 Å². The lowest BCUT2D eigenvalue weighted by Gasteiger charge is -2.17. The summed E-state index contributed by atoms with van der Waals surface area (Å²) in [6.07, 6.45) is 1.75. The molecule has 0 unspecified atom stereocenters. The van der Waals surface area contributed by atoms with Crippen molar-refractivity contribution in [1.82, 2.24) is 5.32 Å². The van der Waals surface area contributed by atoms with Crippen molar-refractivity contribution in [2.45, 2.75) is 32.7 Å². The molecule has 0 spiro atoms. The Hall–Kier alpha value is -3.07. The molecule has 0 saturated carbocycles. The number of benzene rings is 3. The average Bonchev–Trinajstić information content (AvgIpc) is 2.74. The minimum atomic E-state index is -0.0784. The number of rotatable bonds is 8. The molecule has 28 heavy (non-hydrogen) atoms. The van der Waals surface area contributed by atoms with Crippen LogP contribution in [0.2, 0.25) is 0 Å². The predicted molar refractivity (Wildman–Crippen MR) is 114 cm³/mol. The van der Waals surface area contributed by atoms with E-state index in [1.54, 1.807) is 0 Å². The van der Waals surface area contributed by atoms with Gasteiger partial charge in [-0.1, -0.05) is 60.7 Å². The Morgan fingerprint density at radius 2 is 1.57 bits per heavy atom. The summed E-state index contributed by atoms with van der Waals surface area (Å²) in [5, 5.41) is 3.12. The Balaban J connectivity index is 1.66. The lowest BCUT2D eigenvalue weighted by molar-refractivity contribution is 0.0939. The molecular formula is C25H27NO2. The Morgan fingerprint density at radius 1 is 0.893 bits per heavy atom. The van der Waals surface area contributed by atoms with Crippen LogP contribution in [0, 0.1) is 0 Å². The van der Waals surface area contributed by atoms with Crippen LogP contribution in [0.1, 0.15) is 46.9 Å². The quantitative estimate of drug-likeness (QED) is 0.577. The summed E-state index contributed by atoms with van der Waals surface area (Å²) in [4.78, 5) is 12.9. The monoisotopic (exact) mass is 373 g/mol. The topological polar surface area (TPSA) is 38.3 Å². The Labute approximate surface area is 167 Å². The molecule has 0 aromatic heterocycles. The van der Waals surface area contributed by atoms with Gasteiger partial charge in [-0.3, -0.25) is 4.79 Å². The number of aryl methyl sites for hydroxylation is 2. The van der Waals surface area contributed by atoms with E-state index in [1.165, 1.54) is 5.56 Å². The summed E-state index contributed by atoms with van der Waals surface area (Å²) in [6, 6.07) is 26.0. The number of ether oxygens (including phenoxy) is 1. The van der Waals surface area contributed by atoms with E-state index in [0.717, 1.165) is 35.3 Å². The zero-order valence-electron chi connectivity index (χ0n) is 16.5. The van der Waals surface area contributed by atoms with Gasteiger partial charge in [0.1, 0.15) is 5.75 Å². The third-order valence-electron chi connectivity index (χ3n) is 4.83. The van der Waals surface area contributed by atoms with E-state index < -0.39 is 0 Å². The van der Waals surface area contributed by atoms with Crippen molar-refractivity contribution < 1.29 is 9.53 Å². The van der Waals surface area contributed by atoms with Crippen molar-refractivity contribution in [2.75, 3.05) is 6.61 Å². The summed E-state index contributed by atoms with van der Waals surface area (Å²) in [5.41, 5.74) is 4.15. The van der Waals surface area contributed by atoms with E-state index in [-0.39, 0.29) is 11.9 Å². The molecule has 1 atom stereocenters. The van der Waals surface area contributed by atoms with Gasteiger partial charge in [0.25, 0.3) is 5.91 Å². The highest BCUT2D eigenvalue weighted by molar-refractivity contribution is 5.95. The molecule has 0 bridgehead atoms. The standard InChI is InChI=1S/C25H27NO2/c1-3-28-23-17-15-21(16-18-23)19(2)26-25(27)24-12-8-7-11-22(24)14-13-20-9-5-4-6-10-20/h4-12,15-19H,3,13-14H2,1-2H3,(H,26,27)/t19-/m1/s1. The molecule has 0 aliphatic carbocycles. The number of nitrogens with one attached hydrogen (secondary N) is 1. The van der Waals surface area contributed by atoms with Crippen LogP contribution in [0.25, 0.3) is 0 Å². The molecule has 0 aliphatic heterocycles. The molecule has 3 nitrogen and oxygen atoms in total. The molecule has 0 aliphatic rings. The Morgan fingerprint density at radius 3 is 2.29 bits per heavy atom. The van der Waals surface area contributed by atoms with Crippen molar-refractivity contribution in [3.63, 3.8) is 0 Å². The molecule has 0 radical (unpaired) electrons. The van der Waals surface area contributed by atoms with Gasteiger partial charge >= 0.3 is 0 Å². The van der Waals surface area contributed by atoms with E-state index in [1.807, 2.05) is 80.6 Å². The fraction of sp³-hybridized carbons (Fsp3) is 0.240. The van der Waals surface area contributed by atoms with Gasteiger partial charge in [0.2, 0.25) is 0 Å². The molecule has 3 aromatic carbocycles. The summed E-state index contributed by atoms with van der Waals surface area (Å²) >= 11 is 0. The van der Waals surface area contributed by atoms with Crippen molar-refractivity contribution in [3.05, 3.63) is 101 Å².